The summed E-state index contributed by atoms with van der Waals surface area (Å²) in [6.07, 6.45) is 0.627. The largest absolute Gasteiger partial charge is 0.329 e. The van der Waals surface area contributed by atoms with Gasteiger partial charge in [-0.3, -0.25) is 19.7 Å². The lowest BCUT2D eigenvalue weighted by molar-refractivity contribution is -0.385. The van der Waals surface area contributed by atoms with Gasteiger partial charge in [-0.1, -0.05) is 45.9 Å². The van der Waals surface area contributed by atoms with Crippen molar-refractivity contribution < 1.29 is 14.5 Å². The number of nitrogens with one attached hydrogen (secondary N) is 1. The van der Waals surface area contributed by atoms with E-state index in [-0.39, 0.29) is 29.1 Å². The highest BCUT2D eigenvalue weighted by atomic mass is 16.6. The molecule has 190 valence electrons. The molecular formula is C27H33N5O4. The maximum atomic E-state index is 13.2. The minimum Gasteiger partial charge on any atom is -0.329 e. The molecule has 0 spiro atoms. The van der Waals surface area contributed by atoms with E-state index in [0.717, 1.165) is 16.9 Å². The van der Waals surface area contributed by atoms with Crippen LogP contribution >= 0.6 is 0 Å². The predicted molar refractivity (Wildman–Crippen MR) is 140 cm³/mol. The highest BCUT2D eigenvalue weighted by molar-refractivity contribution is 5.99. The summed E-state index contributed by atoms with van der Waals surface area (Å²) >= 11 is 0. The second-order valence-electron chi connectivity index (χ2n) is 9.95. The van der Waals surface area contributed by atoms with E-state index in [0.29, 0.717) is 24.3 Å². The van der Waals surface area contributed by atoms with Crippen LogP contribution in [-0.4, -0.2) is 44.5 Å². The molecule has 1 aromatic heterocycles. The van der Waals surface area contributed by atoms with Crippen molar-refractivity contribution in [2.75, 3.05) is 18.4 Å². The molecule has 0 unspecified atom stereocenters. The van der Waals surface area contributed by atoms with Crippen LogP contribution in [0.2, 0.25) is 0 Å². The highest BCUT2D eigenvalue weighted by Crippen LogP contribution is 2.27. The molecule has 2 aromatic carbocycles. The standard InChI is InChI=1S/C27H33N5O4/c1-7-13-30(26(34)20-12-11-19(3)22(15-20)32(35)36)17-25(33)28-24-16-23(27(4,5)6)29-31(24)21-10-8-9-18(2)14-21/h8-12,14-16H,7,13,17H2,1-6H3,(H,28,33). The van der Waals surface area contributed by atoms with Crippen LogP contribution in [-0.2, 0) is 10.2 Å². The zero-order chi connectivity index (χ0) is 26.6. The van der Waals surface area contributed by atoms with E-state index in [4.69, 9.17) is 5.10 Å². The number of nitro benzene ring substituents is 1. The molecule has 0 atom stereocenters. The molecule has 0 saturated heterocycles. The minimum absolute atomic E-state index is 0.126. The molecule has 3 aromatic rings. The Hall–Kier alpha value is -4.01. The van der Waals surface area contributed by atoms with Gasteiger partial charge in [-0.15, -0.1) is 0 Å². The number of aryl methyl sites for hydroxylation is 2. The summed E-state index contributed by atoms with van der Waals surface area (Å²) in [5.41, 5.74) is 2.97. The Morgan fingerprint density at radius 3 is 2.44 bits per heavy atom. The fourth-order valence-corrected chi connectivity index (χ4v) is 3.79. The van der Waals surface area contributed by atoms with Gasteiger partial charge in [-0.25, -0.2) is 4.68 Å². The second-order valence-corrected chi connectivity index (χ2v) is 9.95. The molecule has 0 aliphatic carbocycles. The van der Waals surface area contributed by atoms with Crippen LogP contribution in [0.1, 0.15) is 61.3 Å². The van der Waals surface area contributed by atoms with E-state index in [9.17, 15) is 19.7 Å². The van der Waals surface area contributed by atoms with Gasteiger partial charge in [-0.2, -0.15) is 5.10 Å². The second kappa shape index (κ2) is 10.7. The van der Waals surface area contributed by atoms with Crippen molar-refractivity contribution in [3.05, 3.63) is 81.0 Å². The molecule has 0 radical (unpaired) electrons. The third-order valence-electron chi connectivity index (χ3n) is 5.76. The quantitative estimate of drug-likeness (QED) is 0.345. The normalized spacial score (nSPS) is 11.3. The summed E-state index contributed by atoms with van der Waals surface area (Å²) in [5, 5.41) is 19.0. The molecule has 3 rings (SSSR count). The number of carbonyl (C=O) groups excluding carboxylic acids is 2. The lowest BCUT2D eigenvalue weighted by atomic mass is 9.92. The molecule has 36 heavy (non-hydrogen) atoms. The number of hydrogen-bond donors (Lipinski definition) is 1. The Bertz CT molecular complexity index is 1290. The van der Waals surface area contributed by atoms with Crippen molar-refractivity contribution in [1.82, 2.24) is 14.7 Å². The first-order valence-corrected chi connectivity index (χ1v) is 11.9. The monoisotopic (exact) mass is 491 g/mol. The van der Waals surface area contributed by atoms with E-state index in [1.165, 1.54) is 11.0 Å². The number of nitrogens with zero attached hydrogens (tertiary/aromatic N) is 4. The van der Waals surface area contributed by atoms with Crippen LogP contribution in [0.15, 0.2) is 48.5 Å². The number of benzene rings is 2. The zero-order valence-electron chi connectivity index (χ0n) is 21.7. The van der Waals surface area contributed by atoms with E-state index in [2.05, 4.69) is 5.32 Å². The fraction of sp³-hybridized carbons (Fsp3) is 0.370. The summed E-state index contributed by atoms with van der Waals surface area (Å²) in [7, 11) is 0. The summed E-state index contributed by atoms with van der Waals surface area (Å²) in [6.45, 7) is 11.8. The van der Waals surface area contributed by atoms with Crippen molar-refractivity contribution in [2.45, 2.75) is 53.4 Å². The van der Waals surface area contributed by atoms with Crippen LogP contribution in [0.4, 0.5) is 11.5 Å². The summed E-state index contributed by atoms with van der Waals surface area (Å²) in [5.74, 6) is -0.309. The average Bonchev–Trinajstić information content (AvgIpc) is 3.22. The first-order valence-electron chi connectivity index (χ1n) is 11.9. The number of rotatable bonds is 8. The fourth-order valence-electron chi connectivity index (χ4n) is 3.79. The molecule has 9 heteroatoms. The van der Waals surface area contributed by atoms with Crippen molar-refractivity contribution in [3.8, 4) is 5.69 Å². The van der Waals surface area contributed by atoms with Gasteiger partial charge < -0.3 is 10.2 Å². The van der Waals surface area contributed by atoms with E-state index < -0.39 is 10.8 Å². The van der Waals surface area contributed by atoms with Crippen molar-refractivity contribution in [1.29, 1.82) is 0 Å². The van der Waals surface area contributed by atoms with Crippen LogP contribution < -0.4 is 5.32 Å². The smallest absolute Gasteiger partial charge is 0.273 e. The molecule has 2 amide bonds. The topological polar surface area (TPSA) is 110 Å². The van der Waals surface area contributed by atoms with Crippen LogP contribution in [0, 0.1) is 24.0 Å². The van der Waals surface area contributed by atoms with Gasteiger partial charge in [-0.05, 0) is 44.0 Å². The van der Waals surface area contributed by atoms with E-state index in [1.807, 2.05) is 65.0 Å². The van der Waals surface area contributed by atoms with Crippen LogP contribution in [0.3, 0.4) is 0 Å². The van der Waals surface area contributed by atoms with Gasteiger partial charge in [0.05, 0.1) is 16.3 Å². The molecule has 0 bridgehead atoms. The third kappa shape index (κ3) is 6.16. The summed E-state index contributed by atoms with van der Waals surface area (Å²) in [6, 6.07) is 14.0. The highest BCUT2D eigenvalue weighted by Gasteiger charge is 2.24. The van der Waals surface area contributed by atoms with Crippen molar-refractivity contribution in [2.24, 2.45) is 0 Å². The predicted octanol–water partition coefficient (Wildman–Crippen LogP) is 5.19. The molecule has 9 nitrogen and oxygen atoms in total. The van der Waals surface area contributed by atoms with Gasteiger partial charge in [0.1, 0.15) is 12.4 Å². The maximum Gasteiger partial charge on any atom is 0.273 e. The summed E-state index contributed by atoms with van der Waals surface area (Å²) in [4.78, 5) is 38.5. The van der Waals surface area contributed by atoms with Gasteiger partial charge in [0.15, 0.2) is 0 Å². The Morgan fingerprint density at radius 2 is 1.83 bits per heavy atom. The number of amides is 2. The van der Waals surface area contributed by atoms with Gasteiger partial charge in [0.25, 0.3) is 11.6 Å². The molecule has 1 heterocycles. The first kappa shape index (κ1) is 26.6. The van der Waals surface area contributed by atoms with Gasteiger partial charge in [0, 0.05) is 35.2 Å². The van der Waals surface area contributed by atoms with Crippen molar-refractivity contribution in [3.63, 3.8) is 0 Å². The Kier molecular flexibility index (Phi) is 7.92. The van der Waals surface area contributed by atoms with Crippen molar-refractivity contribution >= 4 is 23.3 Å². The molecule has 0 fully saturated rings. The van der Waals surface area contributed by atoms with Gasteiger partial charge >= 0.3 is 0 Å². The lowest BCUT2D eigenvalue weighted by Crippen LogP contribution is -2.38. The number of aromatic nitrogens is 2. The lowest BCUT2D eigenvalue weighted by Gasteiger charge is -2.22. The average molecular weight is 492 g/mol. The van der Waals surface area contributed by atoms with E-state index >= 15 is 0 Å². The minimum atomic E-state index is -0.512. The SMILES string of the molecule is CCCN(CC(=O)Nc1cc(C(C)(C)C)nn1-c1cccc(C)c1)C(=O)c1ccc(C)c([N+](=O)[O-])c1. The Labute approximate surface area is 211 Å². The summed E-state index contributed by atoms with van der Waals surface area (Å²) < 4.78 is 1.70. The number of hydrogen-bond acceptors (Lipinski definition) is 5. The Morgan fingerprint density at radius 1 is 1.11 bits per heavy atom. The van der Waals surface area contributed by atoms with E-state index in [1.54, 1.807) is 23.7 Å². The molecule has 1 N–H and O–H groups in total. The number of nitro groups is 1. The molecular weight excluding hydrogens is 458 g/mol. The molecule has 0 saturated carbocycles. The number of carbonyl (C=O) groups is 2. The van der Waals surface area contributed by atoms with Crippen LogP contribution in [0.25, 0.3) is 5.69 Å². The zero-order valence-corrected chi connectivity index (χ0v) is 21.7. The first-order chi connectivity index (χ1) is 16.9. The molecule has 0 aliphatic heterocycles. The number of anilines is 1. The third-order valence-corrected chi connectivity index (χ3v) is 5.76. The van der Waals surface area contributed by atoms with Gasteiger partial charge in [0.2, 0.25) is 5.91 Å². The Balaban J connectivity index is 1.87. The maximum absolute atomic E-state index is 13.2. The molecule has 0 aliphatic rings. The van der Waals surface area contributed by atoms with Crippen LogP contribution in [0.5, 0.6) is 0 Å².